The number of carbonyl (C=O) groups excluding carboxylic acids is 1. The molecule has 0 N–H and O–H groups in total. The van der Waals surface area contributed by atoms with Crippen LogP contribution in [0.2, 0.25) is 25.7 Å². The van der Waals surface area contributed by atoms with Gasteiger partial charge in [0.15, 0.2) is 0 Å². The van der Waals surface area contributed by atoms with Crippen LogP contribution < -0.4 is 0 Å². The normalized spacial score (nSPS) is 11.3. The molecule has 0 fully saturated rings. The zero-order chi connectivity index (χ0) is 14.6. The third kappa shape index (κ3) is 4.13. The van der Waals surface area contributed by atoms with E-state index in [1.54, 1.807) is 6.20 Å². The molecule has 0 aliphatic carbocycles. The highest BCUT2D eigenvalue weighted by molar-refractivity contribution is 6.78. The van der Waals surface area contributed by atoms with Crippen molar-refractivity contribution in [3.8, 4) is 11.3 Å². The molecule has 0 unspecified atom stereocenters. The maximum atomic E-state index is 12.2. The van der Waals surface area contributed by atoms with Crippen LogP contribution >= 0.6 is 0 Å². The summed E-state index contributed by atoms with van der Waals surface area (Å²) in [6, 6.07) is 14.7. The van der Waals surface area contributed by atoms with Gasteiger partial charge in [0.2, 0.25) is 0 Å². The van der Waals surface area contributed by atoms with E-state index in [2.05, 4.69) is 24.6 Å². The number of ketones is 1. The van der Waals surface area contributed by atoms with Crippen LogP contribution in [0.1, 0.15) is 5.56 Å². The van der Waals surface area contributed by atoms with Crippen LogP contribution in [0.4, 0.5) is 0 Å². The molecule has 20 heavy (non-hydrogen) atoms. The molecule has 0 radical (unpaired) electrons. The van der Waals surface area contributed by atoms with Crippen molar-refractivity contribution < 1.29 is 4.79 Å². The number of hydrogen-bond acceptors (Lipinski definition) is 2. The lowest BCUT2D eigenvalue weighted by atomic mass is 10.00. The van der Waals surface area contributed by atoms with Gasteiger partial charge in [-0.2, -0.15) is 0 Å². The van der Waals surface area contributed by atoms with Gasteiger partial charge in [-0.3, -0.25) is 9.78 Å². The van der Waals surface area contributed by atoms with Crippen molar-refractivity contribution in [2.24, 2.45) is 0 Å². The highest BCUT2D eigenvalue weighted by Crippen LogP contribution is 2.23. The summed E-state index contributed by atoms with van der Waals surface area (Å²) in [6.45, 7) is 6.70. The highest BCUT2D eigenvalue weighted by atomic mass is 28.3. The van der Waals surface area contributed by atoms with Crippen molar-refractivity contribution >= 4 is 13.9 Å². The van der Waals surface area contributed by atoms with Crippen molar-refractivity contribution in [3.63, 3.8) is 0 Å². The van der Waals surface area contributed by atoms with E-state index in [0.29, 0.717) is 12.2 Å². The number of rotatable bonds is 5. The Morgan fingerprint density at radius 2 is 1.75 bits per heavy atom. The number of aromatic nitrogens is 1. The van der Waals surface area contributed by atoms with Gasteiger partial charge in [-0.15, -0.1) is 0 Å². The van der Waals surface area contributed by atoms with Crippen molar-refractivity contribution in [2.75, 3.05) is 0 Å². The molecular weight excluding hydrogens is 262 g/mol. The van der Waals surface area contributed by atoms with Gasteiger partial charge in [0.25, 0.3) is 0 Å². The summed E-state index contributed by atoms with van der Waals surface area (Å²) in [7, 11) is -1.34. The first-order valence-corrected chi connectivity index (χ1v) is 10.7. The second-order valence-corrected chi connectivity index (χ2v) is 11.8. The van der Waals surface area contributed by atoms with E-state index >= 15 is 0 Å². The van der Waals surface area contributed by atoms with Crippen LogP contribution in [0.15, 0.2) is 48.7 Å². The summed E-state index contributed by atoms with van der Waals surface area (Å²) >= 11 is 0. The molecule has 2 aromatic rings. The summed E-state index contributed by atoms with van der Waals surface area (Å²) in [5.74, 6) is 0.340. The van der Waals surface area contributed by atoms with E-state index in [1.165, 1.54) is 0 Å². The van der Waals surface area contributed by atoms with E-state index in [-0.39, 0.29) is 0 Å². The second-order valence-electron chi connectivity index (χ2n) is 6.33. The predicted octanol–water partition coefficient (Wildman–Crippen LogP) is 4.20. The zero-order valence-electron chi connectivity index (χ0n) is 12.4. The average Bonchev–Trinajstić information content (AvgIpc) is 2.38. The monoisotopic (exact) mass is 283 g/mol. The molecule has 0 amide bonds. The molecule has 3 heteroatoms. The van der Waals surface area contributed by atoms with Gasteiger partial charge < -0.3 is 0 Å². The first kappa shape index (κ1) is 14.7. The van der Waals surface area contributed by atoms with Gasteiger partial charge >= 0.3 is 0 Å². The molecule has 0 saturated carbocycles. The molecular formula is C17H21NOSi. The van der Waals surface area contributed by atoms with E-state index in [0.717, 1.165) is 22.9 Å². The number of hydrogen-bond donors (Lipinski definition) is 0. The van der Waals surface area contributed by atoms with E-state index < -0.39 is 8.07 Å². The Morgan fingerprint density at radius 1 is 1.05 bits per heavy atom. The molecule has 0 aliphatic rings. The van der Waals surface area contributed by atoms with E-state index in [1.807, 2.05) is 42.5 Å². The molecule has 0 bridgehead atoms. The Bertz CT molecular complexity index is 587. The molecule has 0 aliphatic heterocycles. The topological polar surface area (TPSA) is 30.0 Å². The van der Waals surface area contributed by atoms with E-state index in [9.17, 15) is 4.79 Å². The minimum atomic E-state index is -1.34. The fourth-order valence-corrected chi connectivity index (χ4v) is 3.62. The summed E-state index contributed by atoms with van der Waals surface area (Å²) in [4.78, 5) is 16.6. The summed E-state index contributed by atoms with van der Waals surface area (Å²) in [5.41, 5.74) is 3.08. The number of nitrogens with zero attached hydrogens (tertiary/aromatic N) is 1. The smallest absolute Gasteiger partial charge is 0.134 e. The molecule has 0 spiro atoms. The SMILES string of the molecule is C[Si](C)(C)CC(=O)Cc1ccccc1-c1ccccn1. The minimum absolute atomic E-state index is 0.340. The maximum absolute atomic E-state index is 12.2. The summed E-state index contributed by atoms with van der Waals surface area (Å²) in [5, 5.41) is 0. The molecule has 2 rings (SSSR count). The number of pyridine rings is 1. The van der Waals surface area contributed by atoms with Gasteiger partial charge in [0.1, 0.15) is 5.78 Å². The first-order chi connectivity index (χ1) is 9.46. The maximum Gasteiger partial charge on any atom is 0.134 e. The lowest BCUT2D eigenvalue weighted by molar-refractivity contribution is -0.116. The summed E-state index contributed by atoms with van der Waals surface area (Å²) in [6.07, 6.45) is 2.30. The molecule has 1 aromatic carbocycles. The fraction of sp³-hybridized carbons (Fsp3) is 0.294. The Hall–Kier alpha value is -1.74. The van der Waals surface area contributed by atoms with Crippen molar-refractivity contribution in [1.82, 2.24) is 4.98 Å². The number of carbonyl (C=O) groups is 1. The molecule has 0 atom stereocenters. The quantitative estimate of drug-likeness (QED) is 0.770. The van der Waals surface area contributed by atoms with E-state index in [4.69, 9.17) is 0 Å². The Morgan fingerprint density at radius 3 is 2.40 bits per heavy atom. The predicted molar refractivity (Wildman–Crippen MR) is 86.5 cm³/mol. The van der Waals surface area contributed by atoms with Crippen LogP contribution in [0.25, 0.3) is 11.3 Å². The lowest BCUT2D eigenvalue weighted by Gasteiger charge is -2.15. The van der Waals surface area contributed by atoms with Crippen LogP contribution in [-0.4, -0.2) is 18.8 Å². The summed E-state index contributed by atoms with van der Waals surface area (Å²) < 4.78 is 0. The van der Waals surface area contributed by atoms with Gasteiger partial charge in [0, 0.05) is 24.2 Å². The Labute approximate surface area is 121 Å². The largest absolute Gasteiger partial charge is 0.300 e. The van der Waals surface area contributed by atoms with Crippen LogP contribution in [0, 0.1) is 0 Å². The van der Waals surface area contributed by atoms with Crippen LogP contribution in [0.3, 0.4) is 0 Å². The first-order valence-electron chi connectivity index (χ1n) is 6.97. The third-order valence-corrected chi connectivity index (χ3v) is 4.53. The second kappa shape index (κ2) is 6.14. The Balaban J connectivity index is 2.23. The molecule has 0 saturated heterocycles. The molecule has 104 valence electrons. The lowest BCUT2D eigenvalue weighted by Crippen LogP contribution is -2.24. The van der Waals surface area contributed by atoms with Crippen LogP contribution in [-0.2, 0) is 11.2 Å². The third-order valence-electron chi connectivity index (χ3n) is 3.07. The number of benzene rings is 1. The van der Waals surface area contributed by atoms with Crippen LogP contribution in [0.5, 0.6) is 0 Å². The molecule has 1 aromatic heterocycles. The average molecular weight is 283 g/mol. The zero-order valence-corrected chi connectivity index (χ0v) is 13.4. The fourth-order valence-electron chi connectivity index (χ4n) is 2.31. The van der Waals surface area contributed by atoms with Gasteiger partial charge in [-0.1, -0.05) is 50.0 Å². The van der Waals surface area contributed by atoms with Gasteiger partial charge in [0.05, 0.1) is 13.8 Å². The van der Waals surface area contributed by atoms with Crippen molar-refractivity contribution in [2.45, 2.75) is 32.1 Å². The highest BCUT2D eigenvalue weighted by Gasteiger charge is 2.19. The standard InChI is InChI=1S/C17H21NOSi/c1-20(2,3)13-15(19)12-14-8-4-5-9-16(14)17-10-6-7-11-18-17/h4-11H,12-13H2,1-3H3. The molecule has 1 heterocycles. The van der Waals surface area contributed by atoms with Crippen molar-refractivity contribution in [3.05, 3.63) is 54.2 Å². The minimum Gasteiger partial charge on any atom is -0.300 e. The van der Waals surface area contributed by atoms with Gasteiger partial charge in [-0.05, 0) is 17.7 Å². The van der Waals surface area contributed by atoms with Crippen molar-refractivity contribution in [1.29, 1.82) is 0 Å². The van der Waals surface area contributed by atoms with Gasteiger partial charge in [-0.25, -0.2) is 0 Å². The molecule has 2 nitrogen and oxygen atoms in total. The number of Topliss-reactive ketones (excluding diaryl/α,β-unsaturated/α-hetero) is 1. The Kier molecular flexibility index (Phi) is 4.50.